The summed E-state index contributed by atoms with van der Waals surface area (Å²) in [6.07, 6.45) is 15.1. The summed E-state index contributed by atoms with van der Waals surface area (Å²) in [6.45, 7) is 3.87. The summed E-state index contributed by atoms with van der Waals surface area (Å²) < 4.78 is 7.86. The van der Waals surface area contributed by atoms with Crippen LogP contribution in [0.5, 0.6) is 5.75 Å². The summed E-state index contributed by atoms with van der Waals surface area (Å²) in [7, 11) is 2.15. The van der Waals surface area contributed by atoms with Crippen LogP contribution in [0.25, 0.3) is 22.3 Å². The van der Waals surface area contributed by atoms with Crippen LogP contribution in [0.2, 0.25) is 0 Å². The Kier molecular flexibility index (Phi) is 5.45. The van der Waals surface area contributed by atoms with Crippen molar-refractivity contribution in [2.75, 3.05) is 6.54 Å². The van der Waals surface area contributed by atoms with Gasteiger partial charge in [-0.2, -0.15) is 5.10 Å². The average molecular weight is 383 g/mol. The molecule has 144 valence electrons. The van der Waals surface area contributed by atoms with Crippen LogP contribution in [0.4, 0.5) is 0 Å². The number of hydrogen-bond acceptors (Lipinski definition) is 5. The fourth-order valence-corrected chi connectivity index (χ4v) is 3.39. The number of terminal acetylenes is 1. The van der Waals surface area contributed by atoms with Gasteiger partial charge in [-0.3, -0.25) is 0 Å². The highest BCUT2D eigenvalue weighted by atomic mass is 16.5. The van der Waals surface area contributed by atoms with Crippen LogP contribution in [-0.2, 0) is 6.54 Å². The standard InChI is InChI=1S/C22H22BN5O/c1-3-5-6-18(4-2)29-19-9-7-16(8-10-19)21-20-13-24-15-25-22(20)28(26-21)14-17-11-12-27(17)23/h1,4-10,13,15,17H,11-12,14,23H2,2H3/b6-5-,18-4+/t17-/m0/s1. The lowest BCUT2D eigenvalue weighted by atomic mass is 9.98. The Labute approximate surface area is 171 Å². The molecule has 7 heteroatoms. The summed E-state index contributed by atoms with van der Waals surface area (Å²) >= 11 is 0. The highest BCUT2D eigenvalue weighted by Crippen LogP contribution is 2.29. The smallest absolute Gasteiger partial charge is 0.185 e. The van der Waals surface area contributed by atoms with Crippen LogP contribution in [0.15, 0.2) is 60.8 Å². The van der Waals surface area contributed by atoms with Crippen molar-refractivity contribution in [2.24, 2.45) is 0 Å². The van der Waals surface area contributed by atoms with Gasteiger partial charge in [-0.25, -0.2) is 14.6 Å². The molecule has 0 saturated carbocycles. The molecule has 1 atom stereocenters. The van der Waals surface area contributed by atoms with Gasteiger partial charge in [0.25, 0.3) is 0 Å². The molecule has 1 aromatic carbocycles. The highest BCUT2D eigenvalue weighted by molar-refractivity contribution is 6.05. The first kappa shape index (κ1) is 19.0. The summed E-state index contributed by atoms with van der Waals surface area (Å²) in [4.78, 5) is 11.0. The maximum Gasteiger partial charge on any atom is 0.185 e. The van der Waals surface area contributed by atoms with Gasteiger partial charge in [-0.05, 0) is 62.4 Å². The zero-order valence-corrected chi connectivity index (χ0v) is 16.6. The van der Waals surface area contributed by atoms with Gasteiger partial charge < -0.3 is 9.55 Å². The molecular formula is C22H22BN5O. The van der Waals surface area contributed by atoms with Crippen molar-refractivity contribution in [1.29, 1.82) is 0 Å². The fraction of sp³-hybridized carbons (Fsp3) is 0.227. The summed E-state index contributed by atoms with van der Waals surface area (Å²) in [6, 6.07) is 8.37. The monoisotopic (exact) mass is 383 g/mol. The molecule has 0 radical (unpaired) electrons. The maximum absolute atomic E-state index is 5.86. The topological polar surface area (TPSA) is 56.1 Å². The van der Waals surface area contributed by atoms with Crippen LogP contribution >= 0.6 is 0 Å². The number of fused-ring (bicyclic) bond motifs is 1. The molecule has 4 rings (SSSR count). The predicted octanol–water partition coefficient (Wildman–Crippen LogP) is 2.59. The van der Waals surface area contributed by atoms with Crippen molar-refractivity contribution in [1.82, 2.24) is 24.6 Å². The van der Waals surface area contributed by atoms with Gasteiger partial charge in [0.15, 0.2) is 13.6 Å². The van der Waals surface area contributed by atoms with Crippen molar-refractivity contribution in [3.63, 3.8) is 0 Å². The molecular weight excluding hydrogens is 361 g/mol. The van der Waals surface area contributed by atoms with E-state index in [0.29, 0.717) is 11.8 Å². The van der Waals surface area contributed by atoms with E-state index >= 15 is 0 Å². The van der Waals surface area contributed by atoms with Crippen LogP contribution in [0.1, 0.15) is 13.3 Å². The fourth-order valence-electron chi connectivity index (χ4n) is 3.39. The molecule has 0 aliphatic carbocycles. The lowest BCUT2D eigenvalue weighted by Gasteiger charge is -2.38. The minimum atomic E-state index is 0.506. The van der Waals surface area contributed by atoms with Crippen LogP contribution in [-0.4, -0.2) is 45.1 Å². The number of rotatable bonds is 6. The highest BCUT2D eigenvalue weighted by Gasteiger charge is 2.25. The van der Waals surface area contributed by atoms with Gasteiger partial charge in [0.2, 0.25) is 0 Å². The van der Waals surface area contributed by atoms with E-state index < -0.39 is 0 Å². The van der Waals surface area contributed by atoms with E-state index in [4.69, 9.17) is 16.3 Å². The third kappa shape index (κ3) is 3.93. The van der Waals surface area contributed by atoms with E-state index in [-0.39, 0.29) is 0 Å². The maximum atomic E-state index is 5.86. The molecule has 1 aliphatic heterocycles. The van der Waals surface area contributed by atoms with Crippen molar-refractivity contribution in [3.05, 3.63) is 60.8 Å². The minimum absolute atomic E-state index is 0.506. The molecule has 0 bridgehead atoms. The van der Waals surface area contributed by atoms with Gasteiger partial charge in [0.05, 0.1) is 11.9 Å². The van der Waals surface area contributed by atoms with Crippen molar-refractivity contribution in [3.8, 4) is 29.4 Å². The minimum Gasteiger partial charge on any atom is -0.458 e. The SMILES string of the molecule is BN1CC[C@H]1Cn1nc(-c2ccc(OC(/C=C\C#C)=C/C)cc2)c2cncnc21. The van der Waals surface area contributed by atoms with Crippen LogP contribution in [0, 0.1) is 12.3 Å². The molecule has 1 fully saturated rings. The van der Waals surface area contributed by atoms with E-state index in [1.165, 1.54) is 6.42 Å². The molecule has 3 aromatic rings. The normalized spacial score (nSPS) is 17.4. The summed E-state index contributed by atoms with van der Waals surface area (Å²) in [5.41, 5.74) is 2.75. The number of hydrogen-bond donors (Lipinski definition) is 0. The molecule has 29 heavy (non-hydrogen) atoms. The third-order valence-corrected chi connectivity index (χ3v) is 5.23. The van der Waals surface area contributed by atoms with E-state index in [1.807, 2.05) is 48.1 Å². The second kappa shape index (κ2) is 8.33. The van der Waals surface area contributed by atoms with Crippen LogP contribution < -0.4 is 4.74 Å². The Balaban J connectivity index is 1.61. The molecule has 0 amide bonds. The first-order valence-electron chi connectivity index (χ1n) is 9.63. The van der Waals surface area contributed by atoms with Gasteiger partial charge in [-0.1, -0.05) is 5.92 Å². The van der Waals surface area contributed by atoms with Gasteiger partial charge >= 0.3 is 0 Å². The lowest BCUT2D eigenvalue weighted by molar-refractivity contribution is 0.181. The first-order chi connectivity index (χ1) is 14.2. The zero-order chi connectivity index (χ0) is 20.2. The van der Waals surface area contributed by atoms with Crippen molar-refractivity contribution in [2.45, 2.75) is 25.9 Å². The lowest BCUT2D eigenvalue weighted by Crippen LogP contribution is -2.48. The molecule has 0 spiro atoms. The van der Waals surface area contributed by atoms with Gasteiger partial charge in [0, 0.05) is 17.8 Å². The quantitative estimate of drug-likeness (QED) is 0.284. The number of aromatic nitrogens is 4. The second-order valence-electron chi connectivity index (χ2n) is 7.03. The second-order valence-corrected chi connectivity index (χ2v) is 7.03. The molecule has 0 N–H and O–H groups in total. The Morgan fingerprint density at radius 1 is 1.38 bits per heavy atom. The predicted molar refractivity (Wildman–Crippen MR) is 117 cm³/mol. The van der Waals surface area contributed by atoms with E-state index in [0.717, 1.165) is 41.1 Å². The largest absolute Gasteiger partial charge is 0.458 e. The van der Waals surface area contributed by atoms with E-state index in [2.05, 4.69) is 28.7 Å². The number of benzene rings is 1. The molecule has 0 unspecified atom stereocenters. The first-order valence-corrected chi connectivity index (χ1v) is 9.63. The number of ether oxygens (including phenoxy) is 1. The summed E-state index contributed by atoms with van der Waals surface area (Å²) in [5.74, 6) is 3.90. The number of allylic oxidation sites excluding steroid dienone is 3. The molecule has 1 aliphatic rings. The molecule has 6 nitrogen and oxygen atoms in total. The Morgan fingerprint density at radius 2 is 2.21 bits per heavy atom. The summed E-state index contributed by atoms with van der Waals surface area (Å²) in [5, 5.41) is 5.82. The van der Waals surface area contributed by atoms with E-state index in [9.17, 15) is 0 Å². The third-order valence-electron chi connectivity index (χ3n) is 5.23. The van der Waals surface area contributed by atoms with Crippen molar-refractivity contribution >= 4 is 19.0 Å². The Morgan fingerprint density at radius 3 is 2.86 bits per heavy atom. The Hall–Kier alpha value is -3.37. The van der Waals surface area contributed by atoms with Gasteiger partial charge in [-0.15, -0.1) is 6.42 Å². The molecule has 3 heterocycles. The molecule has 2 aromatic heterocycles. The number of nitrogens with zero attached hydrogens (tertiary/aromatic N) is 5. The Bertz CT molecular complexity index is 1110. The van der Waals surface area contributed by atoms with Crippen molar-refractivity contribution < 1.29 is 4.74 Å². The average Bonchev–Trinajstić information content (AvgIpc) is 3.13. The van der Waals surface area contributed by atoms with E-state index in [1.54, 1.807) is 18.5 Å². The van der Waals surface area contributed by atoms with Gasteiger partial charge in [0.1, 0.15) is 23.5 Å². The molecule has 1 saturated heterocycles. The zero-order valence-electron chi connectivity index (χ0n) is 16.6. The van der Waals surface area contributed by atoms with Crippen LogP contribution in [0.3, 0.4) is 0 Å².